The topological polar surface area (TPSA) is 40.5 Å². The van der Waals surface area contributed by atoms with E-state index in [0.717, 1.165) is 19.6 Å². The van der Waals surface area contributed by atoms with Gasteiger partial charge in [-0.25, -0.2) is 0 Å². The van der Waals surface area contributed by atoms with Crippen LogP contribution in [0.15, 0.2) is 0 Å². The molecule has 0 bridgehead atoms. The van der Waals surface area contributed by atoms with Crippen molar-refractivity contribution >= 4 is 5.97 Å². The van der Waals surface area contributed by atoms with Crippen molar-refractivity contribution in [2.75, 3.05) is 19.6 Å². The van der Waals surface area contributed by atoms with E-state index >= 15 is 0 Å². The summed E-state index contributed by atoms with van der Waals surface area (Å²) in [5.41, 5.74) is 0. The molecule has 1 aliphatic heterocycles. The van der Waals surface area contributed by atoms with E-state index in [0.29, 0.717) is 5.92 Å². The zero-order valence-electron chi connectivity index (χ0n) is 10.6. The first-order chi connectivity index (χ1) is 7.65. The van der Waals surface area contributed by atoms with E-state index in [1.807, 2.05) is 0 Å². The molecule has 0 unspecified atom stereocenters. The van der Waals surface area contributed by atoms with Crippen LogP contribution < -0.4 is 0 Å². The normalized spacial score (nSPS) is 26.1. The van der Waals surface area contributed by atoms with Crippen LogP contribution in [0, 0.1) is 11.8 Å². The number of unbranched alkanes of at least 4 members (excludes halogenated alkanes) is 4. The molecule has 1 heterocycles. The monoisotopic (exact) mass is 227 g/mol. The van der Waals surface area contributed by atoms with Crippen molar-refractivity contribution in [3.05, 3.63) is 0 Å². The number of carboxylic acids is 1. The molecule has 1 N–H and O–H groups in total. The summed E-state index contributed by atoms with van der Waals surface area (Å²) in [7, 11) is 0. The van der Waals surface area contributed by atoms with Gasteiger partial charge in [0.1, 0.15) is 0 Å². The molecule has 0 aromatic heterocycles. The molecule has 0 aromatic carbocycles. The minimum Gasteiger partial charge on any atom is -0.481 e. The zero-order valence-corrected chi connectivity index (χ0v) is 10.6. The van der Waals surface area contributed by atoms with Gasteiger partial charge in [0, 0.05) is 13.1 Å². The molecule has 0 amide bonds. The molecule has 2 atom stereocenters. The van der Waals surface area contributed by atoms with Crippen LogP contribution in [0.5, 0.6) is 0 Å². The summed E-state index contributed by atoms with van der Waals surface area (Å²) >= 11 is 0. The Morgan fingerprint density at radius 3 is 2.50 bits per heavy atom. The number of aliphatic carboxylic acids is 1. The maximum Gasteiger partial charge on any atom is 0.308 e. The summed E-state index contributed by atoms with van der Waals surface area (Å²) in [5.74, 6) is -0.454. The third-order valence-corrected chi connectivity index (χ3v) is 3.58. The Morgan fingerprint density at radius 1 is 1.25 bits per heavy atom. The van der Waals surface area contributed by atoms with Gasteiger partial charge in [-0.05, 0) is 18.9 Å². The van der Waals surface area contributed by atoms with Gasteiger partial charge in [-0.2, -0.15) is 0 Å². The predicted octanol–water partition coefficient (Wildman–Crippen LogP) is 2.61. The fraction of sp³-hybridized carbons (Fsp3) is 0.923. The number of hydrogen-bond acceptors (Lipinski definition) is 2. The molecule has 0 radical (unpaired) electrons. The molecule has 0 aliphatic carbocycles. The average Bonchev–Trinajstić information content (AvgIpc) is 2.59. The Morgan fingerprint density at radius 2 is 1.94 bits per heavy atom. The highest BCUT2D eigenvalue weighted by atomic mass is 16.4. The van der Waals surface area contributed by atoms with Crippen LogP contribution in [0.2, 0.25) is 0 Å². The highest BCUT2D eigenvalue weighted by Gasteiger charge is 2.33. The van der Waals surface area contributed by atoms with Crippen molar-refractivity contribution in [2.24, 2.45) is 11.8 Å². The van der Waals surface area contributed by atoms with Gasteiger partial charge in [-0.1, -0.05) is 39.5 Å². The molecule has 3 heteroatoms. The van der Waals surface area contributed by atoms with Gasteiger partial charge in [0.05, 0.1) is 5.92 Å². The van der Waals surface area contributed by atoms with Crippen molar-refractivity contribution in [3.63, 3.8) is 0 Å². The first-order valence-corrected chi connectivity index (χ1v) is 6.60. The Kier molecular flexibility index (Phi) is 5.81. The molecule has 0 spiro atoms. The van der Waals surface area contributed by atoms with Crippen LogP contribution in [0.1, 0.15) is 46.0 Å². The lowest BCUT2D eigenvalue weighted by Gasteiger charge is -2.14. The Balaban J connectivity index is 2.13. The summed E-state index contributed by atoms with van der Waals surface area (Å²) in [6.07, 6.45) is 6.44. The summed E-state index contributed by atoms with van der Waals surface area (Å²) in [6.45, 7) is 7.07. The van der Waals surface area contributed by atoms with Crippen LogP contribution in [-0.2, 0) is 4.79 Å². The van der Waals surface area contributed by atoms with E-state index in [4.69, 9.17) is 5.11 Å². The number of hydrogen-bond donors (Lipinski definition) is 1. The van der Waals surface area contributed by atoms with Gasteiger partial charge in [-0.15, -0.1) is 0 Å². The van der Waals surface area contributed by atoms with Crippen molar-refractivity contribution in [3.8, 4) is 0 Å². The second kappa shape index (κ2) is 6.89. The third-order valence-electron chi connectivity index (χ3n) is 3.58. The second-order valence-electron chi connectivity index (χ2n) is 5.10. The van der Waals surface area contributed by atoms with Crippen molar-refractivity contribution in [2.45, 2.75) is 46.0 Å². The van der Waals surface area contributed by atoms with E-state index < -0.39 is 5.97 Å². The van der Waals surface area contributed by atoms with Gasteiger partial charge in [-0.3, -0.25) is 4.79 Å². The highest BCUT2D eigenvalue weighted by Crippen LogP contribution is 2.23. The number of carbonyl (C=O) groups is 1. The molecule has 16 heavy (non-hydrogen) atoms. The minimum absolute atomic E-state index is 0.143. The lowest BCUT2D eigenvalue weighted by molar-refractivity contribution is -0.142. The van der Waals surface area contributed by atoms with Crippen LogP contribution in [0.4, 0.5) is 0 Å². The van der Waals surface area contributed by atoms with Gasteiger partial charge in [0.2, 0.25) is 0 Å². The average molecular weight is 227 g/mol. The summed E-state index contributed by atoms with van der Waals surface area (Å²) in [5, 5.41) is 9.02. The Labute approximate surface area is 98.8 Å². The second-order valence-corrected chi connectivity index (χ2v) is 5.10. The maximum atomic E-state index is 10.9. The number of nitrogens with zero attached hydrogens (tertiary/aromatic N) is 1. The van der Waals surface area contributed by atoms with Crippen LogP contribution in [-0.4, -0.2) is 35.6 Å². The van der Waals surface area contributed by atoms with E-state index in [9.17, 15) is 4.79 Å². The predicted molar refractivity (Wildman–Crippen MR) is 65.5 cm³/mol. The summed E-state index contributed by atoms with van der Waals surface area (Å²) in [6, 6.07) is 0. The van der Waals surface area contributed by atoms with E-state index in [1.54, 1.807) is 0 Å². The quantitative estimate of drug-likeness (QED) is 0.680. The number of rotatable bonds is 7. The summed E-state index contributed by atoms with van der Waals surface area (Å²) < 4.78 is 0. The SMILES string of the molecule is CCCCCCCN1C[C@@H](C)[C@H](C(=O)O)C1. The van der Waals surface area contributed by atoms with E-state index in [1.165, 1.54) is 32.1 Å². The van der Waals surface area contributed by atoms with Crippen LogP contribution in [0.25, 0.3) is 0 Å². The van der Waals surface area contributed by atoms with E-state index in [-0.39, 0.29) is 5.92 Å². The fourth-order valence-corrected chi connectivity index (χ4v) is 2.51. The molecule has 0 saturated carbocycles. The van der Waals surface area contributed by atoms with Gasteiger partial charge >= 0.3 is 5.97 Å². The number of carboxylic acid groups (broad SMARTS) is 1. The molecule has 94 valence electrons. The largest absolute Gasteiger partial charge is 0.481 e. The van der Waals surface area contributed by atoms with Crippen molar-refractivity contribution in [1.29, 1.82) is 0 Å². The first-order valence-electron chi connectivity index (χ1n) is 6.60. The molecule has 1 saturated heterocycles. The smallest absolute Gasteiger partial charge is 0.308 e. The molecule has 3 nitrogen and oxygen atoms in total. The molecule has 1 aliphatic rings. The third kappa shape index (κ3) is 4.12. The zero-order chi connectivity index (χ0) is 12.0. The molecule has 1 rings (SSSR count). The lowest BCUT2D eigenvalue weighted by Crippen LogP contribution is -2.24. The Hall–Kier alpha value is -0.570. The maximum absolute atomic E-state index is 10.9. The van der Waals surface area contributed by atoms with E-state index in [2.05, 4.69) is 18.7 Å². The Bertz CT molecular complexity index is 218. The molecular formula is C13H25NO2. The van der Waals surface area contributed by atoms with Gasteiger partial charge < -0.3 is 10.0 Å². The minimum atomic E-state index is -0.624. The molecular weight excluding hydrogens is 202 g/mol. The van der Waals surface area contributed by atoms with Gasteiger partial charge in [0.15, 0.2) is 0 Å². The fourth-order valence-electron chi connectivity index (χ4n) is 2.51. The standard InChI is InChI=1S/C13H25NO2/c1-3-4-5-6-7-8-14-9-11(2)12(10-14)13(15)16/h11-12H,3-10H2,1-2H3,(H,15,16)/t11-,12-/m1/s1. The first kappa shape index (κ1) is 13.5. The summed E-state index contributed by atoms with van der Waals surface area (Å²) in [4.78, 5) is 13.3. The van der Waals surface area contributed by atoms with Crippen LogP contribution >= 0.6 is 0 Å². The molecule has 0 aromatic rings. The van der Waals surface area contributed by atoms with Crippen molar-refractivity contribution in [1.82, 2.24) is 4.90 Å². The van der Waals surface area contributed by atoms with Crippen LogP contribution in [0.3, 0.4) is 0 Å². The lowest BCUT2D eigenvalue weighted by atomic mass is 9.99. The van der Waals surface area contributed by atoms with Gasteiger partial charge in [0.25, 0.3) is 0 Å². The number of likely N-dealkylation sites (tertiary alicyclic amines) is 1. The highest BCUT2D eigenvalue weighted by molar-refractivity contribution is 5.71. The van der Waals surface area contributed by atoms with Crippen molar-refractivity contribution < 1.29 is 9.90 Å². The molecule has 1 fully saturated rings.